The topological polar surface area (TPSA) is 67.4 Å². The zero-order valence-electron chi connectivity index (χ0n) is 10.9. The Bertz CT molecular complexity index is 456. The van der Waals surface area contributed by atoms with E-state index in [1.165, 1.54) is 0 Å². The third-order valence-corrected chi connectivity index (χ3v) is 2.94. The fourth-order valence-electron chi connectivity index (χ4n) is 1.89. The van der Waals surface area contributed by atoms with Gasteiger partial charge in [-0.15, -0.1) is 0 Å². The molecule has 0 saturated carbocycles. The molecule has 2 rings (SSSR count). The number of nitrogens with one attached hydrogen (secondary N) is 2. The quantitative estimate of drug-likeness (QED) is 0.846. The minimum atomic E-state index is -0.275. The molecule has 1 unspecified atom stereocenters. The van der Waals surface area contributed by atoms with Gasteiger partial charge >= 0.3 is 0 Å². The molecule has 1 atom stereocenters. The Morgan fingerprint density at radius 3 is 2.74 bits per heavy atom. The Kier molecular flexibility index (Phi) is 4.39. The third kappa shape index (κ3) is 3.71. The van der Waals surface area contributed by atoms with E-state index in [1.54, 1.807) is 12.1 Å². The normalized spacial score (nSPS) is 17.9. The second-order valence-corrected chi connectivity index (χ2v) is 4.57. The molecule has 1 aromatic rings. The van der Waals surface area contributed by atoms with Crippen molar-refractivity contribution in [3.8, 4) is 5.75 Å². The zero-order chi connectivity index (χ0) is 13.7. The molecule has 1 fully saturated rings. The number of carbonyl (C=O) groups is 2. The molecule has 19 heavy (non-hydrogen) atoms. The summed E-state index contributed by atoms with van der Waals surface area (Å²) in [5.74, 6) is 0.324. The maximum atomic E-state index is 11.9. The molecule has 1 heterocycles. The standard InChI is InChI=1S/C14H18N2O3/c1-2-7-19-12-5-3-11(4-6-12)16-14(18)10-8-13(17)15-9-10/h3-6,10H,2,7-9H2,1H3,(H,15,17)(H,16,18). The van der Waals surface area contributed by atoms with Crippen LogP contribution in [-0.2, 0) is 9.59 Å². The second kappa shape index (κ2) is 6.22. The van der Waals surface area contributed by atoms with Crippen LogP contribution in [0, 0.1) is 5.92 Å². The van der Waals surface area contributed by atoms with Crippen LogP contribution in [0.5, 0.6) is 5.75 Å². The summed E-state index contributed by atoms with van der Waals surface area (Å²) in [5, 5.41) is 5.45. The maximum absolute atomic E-state index is 11.9. The Morgan fingerprint density at radius 1 is 1.42 bits per heavy atom. The highest BCUT2D eigenvalue weighted by Gasteiger charge is 2.27. The fourth-order valence-corrected chi connectivity index (χ4v) is 1.89. The second-order valence-electron chi connectivity index (χ2n) is 4.57. The summed E-state index contributed by atoms with van der Waals surface area (Å²) in [4.78, 5) is 22.9. The van der Waals surface area contributed by atoms with E-state index in [4.69, 9.17) is 4.74 Å². The molecule has 0 bridgehead atoms. The number of amides is 2. The van der Waals surface area contributed by atoms with Gasteiger partial charge in [-0.05, 0) is 30.7 Å². The van der Waals surface area contributed by atoms with Gasteiger partial charge in [-0.25, -0.2) is 0 Å². The number of benzene rings is 1. The van der Waals surface area contributed by atoms with Crippen LogP contribution in [0.25, 0.3) is 0 Å². The van der Waals surface area contributed by atoms with Crippen molar-refractivity contribution in [3.05, 3.63) is 24.3 Å². The van der Waals surface area contributed by atoms with Crippen LogP contribution < -0.4 is 15.4 Å². The molecule has 1 aromatic carbocycles. The average Bonchev–Trinajstić information content (AvgIpc) is 2.85. The average molecular weight is 262 g/mol. The summed E-state index contributed by atoms with van der Waals surface area (Å²) in [6.45, 7) is 3.15. The van der Waals surface area contributed by atoms with Crippen LogP contribution in [0.2, 0.25) is 0 Å². The van der Waals surface area contributed by atoms with Crippen molar-refractivity contribution < 1.29 is 14.3 Å². The first-order valence-corrected chi connectivity index (χ1v) is 6.49. The number of hydrogen-bond acceptors (Lipinski definition) is 3. The summed E-state index contributed by atoms with van der Waals surface area (Å²) in [6, 6.07) is 7.24. The molecule has 0 radical (unpaired) electrons. The largest absolute Gasteiger partial charge is 0.494 e. The van der Waals surface area contributed by atoms with Gasteiger partial charge in [0.05, 0.1) is 12.5 Å². The fraction of sp³-hybridized carbons (Fsp3) is 0.429. The van der Waals surface area contributed by atoms with Gasteiger partial charge in [-0.2, -0.15) is 0 Å². The molecule has 1 aliphatic heterocycles. The molecule has 0 aromatic heterocycles. The van der Waals surface area contributed by atoms with Crippen LogP contribution >= 0.6 is 0 Å². The first-order valence-electron chi connectivity index (χ1n) is 6.49. The SMILES string of the molecule is CCCOc1ccc(NC(=O)C2CNC(=O)C2)cc1. The molecule has 2 amide bonds. The van der Waals surface area contributed by atoms with Crippen molar-refractivity contribution in [1.29, 1.82) is 0 Å². The molecule has 1 saturated heterocycles. The highest BCUT2D eigenvalue weighted by Crippen LogP contribution is 2.18. The van der Waals surface area contributed by atoms with E-state index < -0.39 is 0 Å². The van der Waals surface area contributed by atoms with Crippen molar-refractivity contribution >= 4 is 17.5 Å². The molecule has 0 aliphatic carbocycles. The third-order valence-electron chi connectivity index (χ3n) is 2.94. The van der Waals surface area contributed by atoms with Gasteiger partial charge in [-0.3, -0.25) is 9.59 Å². The zero-order valence-corrected chi connectivity index (χ0v) is 10.9. The molecule has 1 aliphatic rings. The number of anilines is 1. The Morgan fingerprint density at radius 2 is 2.16 bits per heavy atom. The smallest absolute Gasteiger partial charge is 0.229 e. The van der Waals surface area contributed by atoms with Crippen molar-refractivity contribution in [1.82, 2.24) is 5.32 Å². The minimum absolute atomic E-state index is 0.0662. The first kappa shape index (κ1) is 13.4. The summed E-state index contributed by atoms with van der Waals surface area (Å²) >= 11 is 0. The maximum Gasteiger partial charge on any atom is 0.229 e. The predicted molar refractivity (Wildman–Crippen MR) is 72.0 cm³/mol. The lowest BCUT2D eigenvalue weighted by Crippen LogP contribution is -2.24. The van der Waals surface area contributed by atoms with E-state index >= 15 is 0 Å². The van der Waals surface area contributed by atoms with Gasteiger partial charge in [0.25, 0.3) is 0 Å². The van der Waals surface area contributed by atoms with Gasteiger partial charge in [0, 0.05) is 18.7 Å². The van der Waals surface area contributed by atoms with Crippen LogP contribution in [0.3, 0.4) is 0 Å². The van der Waals surface area contributed by atoms with Crippen LogP contribution in [0.4, 0.5) is 5.69 Å². The molecule has 5 heteroatoms. The monoisotopic (exact) mass is 262 g/mol. The van der Waals surface area contributed by atoms with Gasteiger partial charge in [0.2, 0.25) is 11.8 Å². The lowest BCUT2D eigenvalue weighted by molar-refractivity contribution is -0.123. The lowest BCUT2D eigenvalue weighted by Gasteiger charge is -2.10. The molecule has 102 valence electrons. The molecule has 2 N–H and O–H groups in total. The van der Waals surface area contributed by atoms with E-state index in [2.05, 4.69) is 10.6 Å². The van der Waals surface area contributed by atoms with E-state index in [0.29, 0.717) is 18.8 Å². The lowest BCUT2D eigenvalue weighted by atomic mass is 10.1. The summed E-state index contributed by atoms with van der Waals surface area (Å²) in [7, 11) is 0. The van der Waals surface area contributed by atoms with E-state index in [1.807, 2.05) is 19.1 Å². The first-order chi connectivity index (χ1) is 9.19. The molecule has 0 spiro atoms. The molecule has 5 nitrogen and oxygen atoms in total. The number of hydrogen-bond donors (Lipinski definition) is 2. The Hall–Kier alpha value is -2.04. The molecular weight excluding hydrogens is 244 g/mol. The van der Waals surface area contributed by atoms with Gasteiger partial charge in [0.1, 0.15) is 5.75 Å². The minimum Gasteiger partial charge on any atom is -0.494 e. The van der Waals surface area contributed by atoms with Gasteiger partial charge in [0.15, 0.2) is 0 Å². The number of carbonyl (C=O) groups excluding carboxylic acids is 2. The highest BCUT2D eigenvalue weighted by molar-refractivity contribution is 5.97. The molecular formula is C14H18N2O3. The summed E-state index contributed by atoms with van der Waals surface area (Å²) in [5.41, 5.74) is 0.716. The Labute approximate surface area is 112 Å². The highest BCUT2D eigenvalue weighted by atomic mass is 16.5. The Balaban J connectivity index is 1.88. The van der Waals surface area contributed by atoms with Crippen molar-refractivity contribution in [2.24, 2.45) is 5.92 Å². The number of ether oxygens (including phenoxy) is 1. The van der Waals surface area contributed by atoms with E-state index in [9.17, 15) is 9.59 Å². The summed E-state index contributed by atoms with van der Waals surface area (Å²) < 4.78 is 5.46. The predicted octanol–water partition coefficient (Wildman–Crippen LogP) is 1.55. The number of rotatable bonds is 5. The van der Waals surface area contributed by atoms with Crippen LogP contribution in [0.1, 0.15) is 19.8 Å². The van der Waals surface area contributed by atoms with Crippen molar-refractivity contribution in [2.45, 2.75) is 19.8 Å². The van der Waals surface area contributed by atoms with Gasteiger partial charge < -0.3 is 15.4 Å². The van der Waals surface area contributed by atoms with Crippen molar-refractivity contribution in [3.63, 3.8) is 0 Å². The van der Waals surface area contributed by atoms with Gasteiger partial charge in [-0.1, -0.05) is 6.92 Å². The van der Waals surface area contributed by atoms with Crippen LogP contribution in [-0.4, -0.2) is 25.0 Å². The van der Waals surface area contributed by atoms with E-state index in [0.717, 1.165) is 12.2 Å². The summed E-state index contributed by atoms with van der Waals surface area (Å²) in [6.07, 6.45) is 1.23. The van der Waals surface area contributed by atoms with Crippen LogP contribution in [0.15, 0.2) is 24.3 Å². The van der Waals surface area contributed by atoms with Crippen molar-refractivity contribution in [2.75, 3.05) is 18.5 Å². The van der Waals surface area contributed by atoms with E-state index in [-0.39, 0.29) is 24.2 Å².